The summed E-state index contributed by atoms with van der Waals surface area (Å²) in [5.74, 6) is -3.24. The Morgan fingerprint density at radius 3 is 2.17 bits per heavy atom. The Hall–Kier alpha value is -3.27. The molecule has 3 amide bonds. The first-order chi connectivity index (χ1) is 16.2. The van der Waals surface area contributed by atoms with Crippen LogP contribution < -0.4 is 17.3 Å². The summed E-state index contributed by atoms with van der Waals surface area (Å²) in [6.45, 7) is 2.19. The van der Waals surface area contributed by atoms with E-state index in [1.807, 2.05) is 0 Å². The number of esters is 2. The summed E-state index contributed by atoms with van der Waals surface area (Å²) in [5.41, 5.74) is 8.52. The maximum absolute atomic E-state index is 12.6. The summed E-state index contributed by atoms with van der Waals surface area (Å²) < 4.78 is 4.59. The van der Waals surface area contributed by atoms with Crippen LogP contribution in [0, 0.1) is 0 Å². The number of aliphatic hydroxyl groups is 1. The van der Waals surface area contributed by atoms with E-state index in [1.165, 1.54) is 6.92 Å². The molecule has 1 aliphatic rings. The van der Waals surface area contributed by atoms with E-state index in [4.69, 9.17) is 17.3 Å². The zero-order valence-corrected chi connectivity index (χ0v) is 19.5. The number of carboxylic acid groups (broad SMARTS) is 1. The molecule has 0 aromatic rings. The molecule has 35 heavy (non-hydrogen) atoms. The Kier molecular flexibility index (Phi) is 10.6. The molecule has 0 bridgehead atoms. The van der Waals surface area contributed by atoms with E-state index in [1.54, 1.807) is 0 Å². The maximum Gasteiger partial charge on any atom is 0.364 e. The second kappa shape index (κ2) is 12.4. The highest BCUT2D eigenvalue weighted by atomic mass is 16.6. The first-order valence-electron chi connectivity index (χ1n) is 10.8. The highest BCUT2D eigenvalue weighted by Gasteiger charge is 2.51. The van der Waals surface area contributed by atoms with Gasteiger partial charge in [0.2, 0.25) is 11.8 Å². The predicted molar refractivity (Wildman–Crippen MR) is 115 cm³/mol. The SMILES string of the molecule is CC(O)C(=O)N(C(=O)[C@H](C)N)[C@H](CCC(=O)OC(=O)[C@]1(N)C(=O)CCCCCC(=O)N1N)C(=O)O. The molecule has 8 N–H and O–H groups in total. The standard InChI is InChI=1S/C20H31N5O10/c1-10(21)16(30)24(17(31)11(2)26)12(18(32)33)8-9-15(29)35-19(34)20(22)13(27)6-4-3-5-7-14(28)25(20)23/h10-12,26H,3-9,21-23H2,1-2H3,(H,32,33)/t10-,11?,12+,20-/m0/s1. The summed E-state index contributed by atoms with van der Waals surface area (Å²) in [4.78, 5) is 86.2. The number of rotatable bonds is 8. The Labute approximate surface area is 200 Å². The fourth-order valence-electron chi connectivity index (χ4n) is 3.28. The monoisotopic (exact) mass is 501 g/mol. The zero-order chi connectivity index (χ0) is 27.1. The minimum atomic E-state index is -2.78. The Balaban J connectivity index is 3.06. The number of hydrogen-bond donors (Lipinski definition) is 5. The topological polar surface area (TPSA) is 254 Å². The number of carboxylic acids is 1. The maximum atomic E-state index is 12.6. The largest absolute Gasteiger partial charge is 0.480 e. The minimum absolute atomic E-state index is 0.0923. The van der Waals surface area contributed by atoms with Crippen molar-refractivity contribution in [2.75, 3.05) is 0 Å². The lowest BCUT2D eigenvalue weighted by Gasteiger charge is -2.33. The van der Waals surface area contributed by atoms with E-state index >= 15 is 0 Å². The first-order valence-corrected chi connectivity index (χ1v) is 10.8. The number of nitrogens with two attached hydrogens (primary N) is 3. The van der Waals surface area contributed by atoms with E-state index < -0.39 is 78.1 Å². The number of ketones is 1. The normalized spacial score (nSPS) is 21.6. The number of nitrogens with zero attached hydrogens (tertiary/aromatic N) is 2. The fourth-order valence-corrected chi connectivity index (χ4v) is 3.28. The highest BCUT2D eigenvalue weighted by molar-refractivity contribution is 6.12. The van der Waals surface area contributed by atoms with E-state index in [9.17, 15) is 43.8 Å². The molecule has 0 aromatic heterocycles. The van der Waals surface area contributed by atoms with Crippen LogP contribution >= 0.6 is 0 Å². The number of ether oxygens (including phenoxy) is 1. The number of imide groups is 1. The van der Waals surface area contributed by atoms with Crippen molar-refractivity contribution >= 4 is 41.4 Å². The molecule has 0 aromatic carbocycles. The molecule has 4 atom stereocenters. The van der Waals surface area contributed by atoms with Gasteiger partial charge in [-0.2, -0.15) is 0 Å². The molecule has 0 radical (unpaired) electrons. The van der Waals surface area contributed by atoms with Crippen molar-refractivity contribution in [3.05, 3.63) is 0 Å². The van der Waals surface area contributed by atoms with E-state index in [2.05, 4.69) is 4.74 Å². The van der Waals surface area contributed by atoms with Gasteiger partial charge in [0.15, 0.2) is 5.78 Å². The molecule has 1 rings (SSSR count). The third-order valence-electron chi connectivity index (χ3n) is 5.33. The lowest BCUT2D eigenvalue weighted by molar-refractivity contribution is -0.175. The molecule has 196 valence electrons. The molecule has 1 unspecified atom stereocenters. The second-order valence-corrected chi connectivity index (χ2v) is 8.18. The number of amides is 3. The second-order valence-electron chi connectivity index (χ2n) is 8.18. The van der Waals surface area contributed by atoms with Gasteiger partial charge in [-0.3, -0.25) is 34.6 Å². The van der Waals surface area contributed by atoms with Gasteiger partial charge in [-0.1, -0.05) is 6.42 Å². The third kappa shape index (κ3) is 7.11. The number of aliphatic carboxylic acids is 1. The van der Waals surface area contributed by atoms with Crippen molar-refractivity contribution in [3.63, 3.8) is 0 Å². The fraction of sp³-hybridized carbons (Fsp3) is 0.650. The molecule has 1 fully saturated rings. The average molecular weight is 501 g/mol. The molecule has 1 heterocycles. The molecule has 15 nitrogen and oxygen atoms in total. The lowest BCUT2D eigenvalue weighted by atomic mass is 10.0. The Morgan fingerprint density at radius 2 is 1.66 bits per heavy atom. The molecule has 15 heteroatoms. The van der Waals surface area contributed by atoms with Gasteiger partial charge in [-0.15, -0.1) is 0 Å². The zero-order valence-electron chi connectivity index (χ0n) is 19.5. The number of Topliss-reactive ketones (excluding diaryl/α,β-unsaturated/α-hetero) is 1. The van der Waals surface area contributed by atoms with E-state index in [0.717, 1.165) is 6.92 Å². The molecular weight excluding hydrogens is 470 g/mol. The van der Waals surface area contributed by atoms with Gasteiger partial charge in [-0.05, 0) is 33.1 Å². The molecular formula is C20H31N5O10. The van der Waals surface area contributed by atoms with Crippen molar-refractivity contribution < 1.29 is 48.5 Å². The van der Waals surface area contributed by atoms with Crippen LogP contribution in [0.5, 0.6) is 0 Å². The Morgan fingerprint density at radius 1 is 1.09 bits per heavy atom. The summed E-state index contributed by atoms with van der Waals surface area (Å²) in [6, 6.07) is -3.25. The van der Waals surface area contributed by atoms with Crippen LogP contribution in [0.1, 0.15) is 58.8 Å². The minimum Gasteiger partial charge on any atom is -0.480 e. The summed E-state index contributed by atoms with van der Waals surface area (Å²) >= 11 is 0. The number of hydrogen-bond acceptors (Lipinski definition) is 12. The van der Waals surface area contributed by atoms with Crippen LogP contribution in [0.4, 0.5) is 0 Å². The first kappa shape index (κ1) is 29.8. The molecule has 0 aliphatic carbocycles. The van der Waals surface area contributed by atoms with Crippen molar-refractivity contribution in [2.45, 2.75) is 82.6 Å². The van der Waals surface area contributed by atoms with E-state index in [-0.39, 0.29) is 22.8 Å². The van der Waals surface area contributed by atoms with Crippen LogP contribution in [0.2, 0.25) is 0 Å². The smallest absolute Gasteiger partial charge is 0.364 e. The molecule has 0 saturated carbocycles. The average Bonchev–Trinajstić information content (AvgIpc) is 2.82. The molecule has 0 spiro atoms. The van der Waals surface area contributed by atoms with E-state index in [0.29, 0.717) is 19.3 Å². The quantitative estimate of drug-likeness (QED) is 0.0980. The number of carbonyl (C=O) groups excluding carboxylic acids is 6. The lowest BCUT2D eigenvalue weighted by Crippen LogP contribution is -2.71. The number of aliphatic hydroxyl groups excluding tert-OH is 1. The van der Waals surface area contributed by atoms with Crippen molar-refractivity contribution in [1.29, 1.82) is 0 Å². The predicted octanol–water partition coefficient (Wildman–Crippen LogP) is -2.74. The van der Waals surface area contributed by atoms with Crippen LogP contribution in [0.25, 0.3) is 0 Å². The van der Waals surface area contributed by atoms with Crippen molar-refractivity contribution in [2.24, 2.45) is 17.3 Å². The van der Waals surface area contributed by atoms with Gasteiger partial charge in [0.1, 0.15) is 12.1 Å². The van der Waals surface area contributed by atoms with Gasteiger partial charge in [0.05, 0.1) is 6.04 Å². The van der Waals surface area contributed by atoms with Gasteiger partial charge >= 0.3 is 17.9 Å². The summed E-state index contributed by atoms with van der Waals surface area (Å²) in [5, 5.41) is 19.3. The van der Waals surface area contributed by atoms with Gasteiger partial charge in [-0.25, -0.2) is 20.4 Å². The summed E-state index contributed by atoms with van der Waals surface area (Å²) in [7, 11) is 0. The van der Waals surface area contributed by atoms with Crippen LogP contribution in [0.3, 0.4) is 0 Å². The summed E-state index contributed by atoms with van der Waals surface area (Å²) in [6.07, 6.45) is -2.39. The van der Waals surface area contributed by atoms with Gasteiger partial charge in [0, 0.05) is 19.3 Å². The number of carbonyl (C=O) groups is 7. The number of hydrazine groups is 1. The van der Waals surface area contributed by atoms with Crippen LogP contribution in [-0.4, -0.2) is 85.4 Å². The van der Waals surface area contributed by atoms with Crippen LogP contribution in [0.15, 0.2) is 0 Å². The van der Waals surface area contributed by atoms with Gasteiger partial charge < -0.3 is 20.7 Å². The van der Waals surface area contributed by atoms with Gasteiger partial charge in [0.25, 0.3) is 11.6 Å². The third-order valence-corrected chi connectivity index (χ3v) is 5.33. The Bertz CT molecular complexity index is 870. The molecule has 1 saturated heterocycles. The molecule has 1 aliphatic heterocycles. The van der Waals surface area contributed by atoms with Crippen molar-refractivity contribution in [1.82, 2.24) is 9.91 Å². The van der Waals surface area contributed by atoms with Crippen molar-refractivity contribution in [3.8, 4) is 0 Å². The highest BCUT2D eigenvalue weighted by Crippen LogP contribution is 2.20. The van der Waals surface area contributed by atoms with Crippen LogP contribution in [-0.2, 0) is 38.3 Å².